The van der Waals surface area contributed by atoms with Crippen molar-refractivity contribution in [3.8, 4) is 0 Å². The predicted molar refractivity (Wildman–Crippen MR) is 77.9 cm³/mol. The van der Waals surface area contributed by atoms with Gasteiger partial charge in [-0.05, 0) is 22.3 Å². The number of hydrogen-bond donors (Lipinski definition) is 1. The van der Waals surface area contributed by atoms with Crippen molar-refractivity contribution in [2.24, 2.45) is 0 Å². The minimum absolute atomic E-state index is 0.134. The van der Waals surface area contributed by atoms with Crippen molar-refractivity contribution in [1.82, 2.24) is 5.06 Å². The predicted octanol–water partition coefficient (Wildman–Crippen LogP) is 3.40. The number of hydrogen-bond acceptors (Lipinski definition) is 3. The number of carbonyl (C=O) groups is 1. The summed E-state index contributed by atoms with van der Waals surface area (Å²) in [5, 5.41) is 2.03. The minimum Gasteiger partial charge on any atom is -0.273 e. The number of amides is 1. The summed E-state index contributed by atoms with van der Waals surface area (Å²) in [6, 6.07) is 5.06. The first-order chi connectivity index (χ1) is 9.40. The Labute approximate surface area is 128 Å². The zero-order valence-corrected chi connectivity index (χ0v) is 13.3. The van der Waals surface area contributed by atoms with Crippen LogP contribution in [0.5, 0.6) is 0 Å². The number of carbonyl (C=O) groups excluding carboxylic acids is 1. The third-order valence-corrected chi connectivity index (χ3v) is 3.87. The summed E-state index contributed by atoms with van der Waals surface area (Å²) < 4.78 is 10.6. The smallest absolute Gasteiger partial charge is 0.273 e. The standard InChI is InChI=1S/C12H14Cl2NO4P/c1-9(16)15(5-2-6-20(17)18)19-8-10-3-4-11(13)12(14)7-10/h3-4,7H,2,5-6,8H2,1H3/p+1. The molecule has 1 amide bonds. The van der Waals surface area contributed by atoms with Crippen LogP contribution in [0.25, 0.3) is 0 Å². The second-order valence-electron chi connectivity index (χ2n) is 4.07. The summed E-state index contributed by atoms with van der Waals surface area (Å²) in [4.78, 5) is 25.5. The molecule has 1 unspecified atom stereocenters. The number of nitrogens with zero attached hydrogens (tertiary/aromatic N) is 1. The van der Waals surface area contributed by atoms with Crippen LogP contribution >= 0.6 is 31.2 Å². The lowest BCUT2D eigenvalue weighted by atomic mass is 10.2. The van der Waals surface area contributed by atoms with Crippen LogP contribution in [-0.2, 0) is 20.8 Å². The van der Waals surface area contributed by atoms with Crippen LogP contribution in [0, 0.1) is 0 Å². The van der Waals surface area contributed by atoms with E-state index in [-0.39, 0.29) is 25.2 Å². The van der Waals surface area contributed by atoms with Crippen molar-refractivity contribution < 1.29 is 19.1 Å². The Hall–Kier alpha value is -0.710. The molecule has 0 aliphatic heterocycles. The molecular formula is C12H15Cl2NO4P+. The van der Waals surface area contributed by atoms with Crippen LogP contribution in [0.15, 0.2) is 18.2 Å². The van der Waals surface area contributed by atoms with Crippen LogP contribution in [0.3, 0.4) is 0 Å². The van der Waals surface area contributed by atoms with Gasteiger partial charge in [-0.2, -0.15) is 4.89 Å². The van der Waals surface area contributed by atoms with E-state index in [1.807, 2.05) is 0 Å². The summed E-state index contributed by atoms with van der Waals surface area (Å²) in [5.74, 6) is -0.266. The maximum atomic E-state index is 11.4. The van der Waals surface area contributed by atoms with E-state index < -0.39 is 8.03 Å². The molecule has 0 aromatic heterocycles. The van der Waals surface area contributed by atoms with Gasteiger partial charge in [0, 0.05) is 13.3 Å². The Balaban J connectivity index is 2.51. The molecule has 0 bridgehead atoms. The van der Waals surface area contributed by atoms with Gasteiger partial charge in [-0.3, -0.25) is 9.63 Å². The van der Waals surface area contributed by atoms with Gasteiger partial charge >= 0.3 is 8.03 Å². The molecule has 0 fully saturated rings. The summed E-state index contributed by atoms with van der Waals surface area (Å²) in [6.07, 6.45) is 0.530. The Bertz CT molecular complexity index is 498. The number of halogens is 2. The first kappa shape index (κ1) is 17.3. The van der Waals surface area contributed by atoms with Crippen molar-refractivity contribution in [2.45, 2.75) is 20.0 Å². The highest BCUT2D eigenvalue weighted by Crippen LogP contribution is 2.23. The van der Waals surface area contributed by atoms with Crippen LogP contribution < -0.4 is 0 Å². The summed E-state index contributed by atoms with van der Waals surface area (Å²) in [7, 11) is -2.19. The largest absolute Gasteiger partial charge is 0.505 e. The minimum atomic E-state index is -2.19. The Morgan fingerprint density at radius 3 is 2.65 bits per heavy atom. The van der Waals surface area contributed by atoms with Gasteiger partial charge < -0.3 is 0 Å². The number of benzene rings is 1. The number of hydroxylamine groups is 2. The molecule has 1 atom stereocenters. The molecule has 0 aliphatic carbocycles. The molecule has 20 heavy (non-hydrogen) atoms. The highest BCUT2D eigenvalue weighted by molar-refractivity contribution is 7.37. The normalized spacial score (nSPS) is 11.3. The van der Waals surface area contributed by atoms with Gasteiger partial charge in [-0.1, -0.05) is 29.3 Å². The Morgan fingerprint density at radius 1 is 1.40 bits per heavy atom. The first-order valence-corrected chi connectivity index (χ1v) is 8.04. The van der Waals surface area contributed by atoms with Crippen LogP contribution in [0.1, 0.15) is 18.9 Å². The molecule has 0 heterocycles. The van der Waals surface area contributed by atoms with Gasteiger partial charge in [-0.15, -0.1) is 0 Å². The summed E-state index contributed by atoms with van der Waals surface area (Å²) >= 11 is 11.7. The van der Waals surface area contributed by atoms with Crippen LogP contribution in [0.4, 0.5) is 0 Å². The van der Waals surface area contributed by atoms with Crippen LogP contribution in [0.2, 0.25) is 10.0 Å². The van der Waals surface area contributed by atoms with Gasteiger partial charge in [0.25, 0.3) is 0 Å². The fourth-order valence-electron chi connectivity index (χ4n) is 1.44. The molecule has 1 rings (SSSR count). The van der Waals surface area contributed by atoms with Crippen molar-refractivity contribution in [3.05, 3.63) is 33.8 Å². The number of rotatable bonds is 7. The van der Waals surface area contributed by atoms with Gasteiger partial charge in [0.1, 0.15) is 6.61 Å². The highest BCUT2D eigenvalue weighted by Gasteiger charge is 2.14. The molecule has 0 saturated carbocycles. The maximum absolute atomic E-state index is 11.4. The van der Waals surface area contributed by atoms with Crippen molar-refractivity contribution >= 4 is 37.1 Å². The van der Waals surface area contributed by atoms with E-state index in [2.05, 4.69) is 0 Å². The SMILES string of the molecule is CC(=O)N(CCC[P+](=O)O)OCc1ccc(Cl)c(Cl)c1. The van der Waals surface area contributed by atoms with Gasteiger partial charge in [0.15, 0.2) is 6.16 Å². The van der Waals surface area contributed by atoms with E-state index in [1.165, 1.54) is 12.0 Å². The average Bonchev–Trinajstić information content (AvgIpc) is 2.36. The molecule has 1 N–H and O–H groups in total. The topological polar surface area (TPSA) is 66.8 Å². The Morgan fingerprint density at radius 2 is 2.10 bits per heavy atom. The van der Waals surface area contributed by atoms with Gasteiger partial charge in [-0.25, -0.2) is 5.06 Å². The van der Waals surface area contributed by atoms with E-state index in [0.717, 1.165) is 5.56 Å². The molecule has 1 aromatic carbocycles. The molecule has 110 valence electrons. The lowest BCUT2D eigenvalue weighted by Gasteiger charge is -2.19. The molecule has 0 aliphatic rings. The molecule has 0 radical (unpaired) electrons. The Kier molecular flexibility index (Phi) is 7.41. The van der Waals surface area contributed by atoms with E-state index in [1.54, 1.807) is 18.2 Å². The molecule has 8 heteroatoms. The van der Waals surface area contributed by atoms with Crippen molar-refractivity contribution in [2.75, 3.05) is 12.7 Å². The second kappa shape index (κ2) is 8.55. The third kappa shape index (κ3) is 6.16. The lowest BCUT2D eigenvalue weighted by Crippen LogP contribution is -2.30. The molecule has 0 saturated heterocycles. The van der Waals surface area contributed by atoms with E-state index in [4.69, 9.17) is 32.9 Å². The zero-order valence-electron chi connectivity index (χ0n) is 10.9. The summed E-state index contributed by atoms with van der Waals surface area (Å²) in [5.41, 5.74) is 0.777. The quantitative estimate of drug-likeness (QED) is 0.611. The van der Waals surface area contributed by atoms with E-state index in [9.17, 15) is 9.36 Å². The summed E-state index contributed by atoms with van der Waals surface area (Å²) in [6.45, 7) is 1.80. The third-order valence-electron chi connectivity index (χ3n) is 2.43. The fourth-order valence-corrected chi connectivity index (χ4v) is 2.18. The molecular weight excluding hydrogens is 324 g/mol. The van der Waals surface area contributed by atoms with Gasteiger partial charge in [0.05, 0.1) is 16.6 Å². The monoisotopic (exact) mass is 338 g/mol. The highest BCUT2D eigenvalue weighted by atomic mass is 35.5. The second-order valence-corrected chi connectivity index (χ2v) is 6.04. The van der Waals surface area contributed by atoms with E-state index >= 15 is 0 Å². The molecule has 5 nitrogen and oxygen atoms in total. The maximum Gasteiger partial charge on any atom is 0.505 e. The zero-order chi connectivity index (χ0) is 15.1. The van der Waals surface area contributed by atoms with Gasteiger partial charge in [0.2, 0.25) is 5.91 Å². The lowest BCUT2D eigenvalue weighted by molar-refractivity contribution is -0.189. The molecule has 0 spiro atoms. The first-order valence-electron chi connectivity index (χ1n) is 5.88. The molecule has 1 aromatic rings. The van der Waals surface area contributed by atoms with E-state index in [0.29, 0.717) is 16.5 Å². The van der Waals surface area contributed by atoms with Crippen molar-refractivity contribution in [3.63, 3.8) is 0 Å². The fraction of sp³-hybridized carbons (Fsp3) is 0.417. The van der Waals surface area contributed by atoms with Crippen LogP contribution in [-0.4, -0.2) is 28.6 Å². The van der Waals surface area contributed by atoms with Crippen molar-refractivity contribution in [1.29, 1.82) is 0 Å². The average molecular weight is 339 g/mol.